The zero-order valence-corrected chi connectivity index (χ0v) is 12.1. The van der Waals surface area contributed by atoms with Gasteiger partial charge in [-0.2, -0.15) is 0 Å². The quantitative estimate of drug-likeness (QED) is 0.902. The molecule has 1 atom stereocenters. The van der Waals surface area contributed by atoms with E-state index in [1.807, 2.05) is 31.3 Å². The maximum atomic E-state index is 12.9. The normalized spacial score (nSPS) is 12.2. The van der Waals surface area contributed by atoms with Gasteiger partial charge >= 0.3 is 0 Å². The van der Waals surface area contributed by atoms with Crippen molar-refractivity contribution in [3.63, 3.8) is 0 Å². The molecular weight excluding hydrogens is 275 g/mol. The molecule has 0 saturated carbocycles. The van der Waals surface area contributed by atoms with E-state index in [0.29, 0.717) is 5.02 Å². The van der Waals surface area contributed by atoms with Gasteiger partial charge in [0.05, 0.1) is 0 Å². The van der Waals surface area contributed by atoms with E-state index in [1.165, 1.54) is 12.1 Å². The molecular formula is C16H18ClFN2. The van der Waals surface area contributed by atoms with E-state index >= 15 is 0 Å². The van der Waals surface area contributed by atoms with Crippen molar-refractivity contribution < 1.29 is 4.39 Å². The van der Waals surface area contributed by atoms with Crippen LogP contribution in [0.25, 0.3) is 0 Å². The lowest BCUT2D eigenvalue weighted by atomic mass is 10.0. The highest BCUT2D eigenvalue weighted by Crippen LogP contribution is 2.20. The molecule has 0 aromatic heterocycles. The highest BCUT2D eigenvalue weighted by atomic mass is 35.5. The van der Waals surface area contributed by atoms with E-state index in [2.05, 4.69) is 4.90 Å². The summed E-state index contributed by atoms with van der Waals surface area (Å²) in [5, 5.41) is 0.699. The SMILES string of the molecule is CN(CCC(N)c1cccc(Cl)c1)c1ccc(F)cc1. The predicted molar refractivity (Wildman–Crippen MR) is 82.7 cm³/mol. The first-order valence-electron chi connectivity index (χ1n) is 6.54. The zero-order chi connectivity index (χ0) is 14.5. The first-order valence-corrected chi connectivity index (χ1v) is 6.92. The Morgan fingerprint density at radius 3 is 2.55 bits per heavy atom. The average molecular weight is 293 g/mol. The van der Waals surface area contributed by atoms with E-state index in [-0.39, 0.29) is 11.9 Å². The molecule has 20 heavy (non-hydrogen) atoms. The van der Waals surface area contributed by atoms with Gasteiger partial charge in [-0.25, -0.2) is 4.39 Å². The molecule has 0 aliphatic carbocycles. The first kappa shape index (κ1) is 14.8. The van der Waals surface area contributed by atoms with Gasteiger partial charge in [0.25, 0.3) is 0 Å². The number of nitrogens with two attached hydrogens (primary N) is 1. The fraction of sp³-hybridized carbons (Fsp3) is 0.250. The third-order valence-corrected chi connectivity index (χ3v) is 3.55. The van der Waals surface area contributed by atoms with Crippen molar-refractivity contribution >= 4 is 17.3 Å². The van der Waals surface area contributed by atoms with Crippen molar-refractivity contribution in [2.45, 2.75) is 12.5 Å². The van der Waals surface area contributed by atoms with E-state index in [4.69, 9.17) is 17.3 Å². The lowest BCUT2D eigenvalue weighted by molar-refractivity contribution is 0.626. The van der Waals surface area contributed by atoms with Crippen molar-refractivity contribution in [2.75, 3.05) is 18.5 Å². The van der Waals surface area contributed by atoms with Crippen LogP contribution in [-0.2, 0) is 0 Å². The molecule has 4 heteroatoms. The molecule has 0 heterocycles. The largest absolute Gasteiger partial charge is 0.375 e. The summed E-state index contributed by atoms with van der Waals surface area (Å²) in [7, 11) is 1.97. The van der Waals surface area contributed by atoms with Gasteiger partial charge in [0, 0.05) is 30.3 Å². The van der Waals surface area contributed by atoms with Gasteiger partial charge in [0.2, 0.25) is 0 Å². The van der Waals surface area contributed by atoms with Crippen LogP contribution in [0, 0.1) is 5.82 Å². The van der Waals surface area contributed by atoms with Gasteiger partial charge in [-0.15, -0.1) is 0 Å². The summed E-state index contributed by atoms with van der Waals surface area (Å²) < 4.78 is 12.9. The van der Waals surface area contributed by atoms with Crippen LogP contribution in [0.4, 0.5) is 10.1 Å². The van der Waals surface area contributed by atoms with Crippen molar-refractivity contribution in [1.82, 2.24) is 0 Å². The van der Waals surface area contributed by atoms with Crippen LogP contribution in [-0.4, -0.2) is 13.6 Å². The lowest BCUT2D eigenvalue weighted by Gasteiger charge is -2.21. The molecule has 2 N–H and O–H groups in total. The van der Waals surface area contributed by atoms with E-state index in [9.17, 15) is 4.39 Å². The smallest absolute Gasteiger partial charge is 0.123 e. The molecule has 2 aromatic rings. The van der Waals surface area contributed by atoms with E-state index in [0.717, 1.165) is 24.2 Å². The van der Waals surface area contributed by atoms with Crippen LogP contribution in [0.1, 0.15) is 18.0 Å². The fourth-order valence-electron chi connectivity index (χ4n) is 2.06. The van der Waals surface area contributed by atoms with Gasteiger partial charge in [-0.3, -0.25) is 0 Å². The topological polar surface area (TPSA) is 29.3 Å². The number of rotatable bonds is 5. The summed E-state index contributed by atoms with van der Waals surface area (Å²) in [5.41, 5.74) is 8.18. The number of anilines is 1. The fourth-order valence-corrected chi connectivity index (χ4v) is 2.26. The second-order valence-corrected chi connectivity index (χ2v) is 5.28. The Morgan fingerprint density at radius 2 is 1.90 bits per heavy atom. The third kappa shape index (κ3) is 3.95. The lowest BCUT2D eigenvalue weighted by Crippen LogP contribution is -2.23. The molecule has 2 aromatic carbocycles. The summed E-state index contributed by atoms with van der Waals surface area (Å²) >= 11 is 5.96. The van der Waals surface area contributed by atoms with E-state index in [1.54, 1.807) is 12.1 Å². The van der Waals surface area contributed by atoms with Gasteiger partial charge in [0.1, 0.15) is 5.82 Å². The minimum absolute atomic E-state index is 0.0587. The van der Waals surface area contributed by atoms with Crippen molar-refractivity contribution in [2.24, 2.45) is 5.73 Å². The molecule has 106 valence electrons. The molecule has 0 saturated heterocycles. The van der Waals surface area contributed by atoms with Crippen molar-refractivity contribution in [3.8, 4) is 0 Å². The van der Waals surface area contributed by atoms with Crippen LogP contribution in [0.15, 0.2) is 48.5 Å². The maximum absolute atomic E-state index is 12.9. The minimum Gasteiger partial charge on any atom is -0.375 e. The van der Waals surface area contributed by atoms with Gasteiger partial charge in [-0.05, 0) is 48.4 Å². The molecule has 0 bridgehead atoms. The zero-order valence-electron chi connectivity index (χ0n) is 11.4. The summed E-state index contributed by atoms with van der Waals surface area (Å²) in [6, 6.07) is 14.0. The molecule has 0 radical (unpaired) electrons. The Balaban J connectivity index is 1.93. The molecule has 0 aliphatic rings. The second-order valence-electron chi connectivity index (χ2n) is 4.85. The first-order chi connectivity index (χ1) is 9.56. The third-order valence-electron chi connectivity index (χ3n) is 3.32. The molecule has 1 unspecified atom stereocenters. The van der Waals surface area contributed by atoms with Gasteiger partial charge in [0.15, 0.2) is 0 Å². The van der Waals surface area contributed by atoms with E-state index < -0.39 is 0 Å². The van der Waals surface area contributed by atoms with Gasteiger partial charge in [-0.1, -0.05) is 23.7 Å². The molecule has 0 amide bonds. The summed E-state index contributed by atoms with van der Waals surface area (Å²) in [6.45, 7) is 0.791. The van der Waals surface area contributed by atoms with Crippen LogP contribution >= 0.6 is 11.6 Å². The number of benzene rings is 2. The van der Waals surface area contributed by atoms with Crippen LogP contribution in [0.2, 0.25) is 5.02 Å². The molecule has 2 nitrogen and oxygen atoms in total. The predicted octanol–water partition coefficient (Wildman–Crippen LogP) is 4.01. The molecule has 0 aliphatic heterocycles. The van der Waals surface area contributed by atoms with Crippen LogP contribution in [0.3, 0.4) is 0 Å². The number of halogens is 2. The van der Waals surface area contributed by atoms with Gasteiger partial charge < -0.3 is 10.6 Å². The maximum Gasteiger partial charge on any atom is 0.123 e. The highest BCUT2D eigenvalue weighted by Gasteiger charge is 2.08. The number of hydrogen-bond donors (Lipinski definition) is 1. The average Bonchev–Trinajstić information content (AvgIpc) is 2.45. The highest BCUT2D eigenvalue weighted by molar-refractivity contribution is 6.30. The minimum atomic E-state index is -0.224. The van der Waals surface area contributed by atoms with Crippen LogP contribution in [0.5, 0.6) is 0 Å². The Hall–Kier alpha value is -1.58. The number of nitrogens with zero attached hydrogens (tertiary/aromatic N) is 1. The monoisotopic (exact) mass is 292 g/mol. The summed E-state index contributed by atoms with van der Waals surface area (Å²) in [5.74, 6) is -0.224. The summed E-state index contributed by atoms with van der Waals surface area (Å²) in [4.78, 5) is 2.06. The summed E-state index contributed by atoms with van der Waals surface area (Å²) in [6.07, 6.45) is 0.800. The second kappa shape index (κ2) is 6.73. The Morgan fingerprint density at radius 1 is 1.20 bits per heavy atom. The van der Waals surface area contributed by atoms with Crippen molar-refractivity contribution in [1.29, 1.82) is 0 Å². The molecule has 0 fully saturated rings. The Labute approximate surface area is 124 Å². The Bertz CT molecular complexity index is 557. The van der Waals surface area contributed by atoms with Crippen molar-refractivity contribution in [3.05, 3.63) is 64.9 Å². The number of hydrogen-bond acceptors (Lipinski definition) is 2. The molecule has 2 rings (SSSR count). The van der Waals surface area contributed by atoms with Crippen LogP contribution < -0.4 is 10.6 Å². The standard InChI is InChI=1S/C16H18ClFN2/c1-20(15-7-5-14(18)6-8-15)10-9-16(19)12-3-2-4-13(17)11-12/h2-8,11,16H,9-10,19H2,1H3. The molecule has 0 spiro atoms. The Kier molecular flexibility index (Phi) is 4.99.